The van der Waals surface area contributed by atoms with Crippen molar-refractivity contribution >= 4 is 34.9 Å². The highest BCUT2D eigenvalue weighted by molar-refractivity contribution is 6.05. The van der Waals surface area contributed by atoms with Crippen LogP contribution in [-0.2, 0) is 16.1 Å². The molecular weight excluding hydrogens is 689 g/mol. The molecule has 1 aliphatic carbocycles. The Morgan fingerprint density at radius 3 is 2.35 bits per heavy atom. The number of phenols is 1. The third-order valence-electron chi connectivity index (χ3n) is 12.7. The predicted octanol–water partition coefficient (Wildman–Crippen LogP) is 3.29. The number of carbonyl (C=O) groups is 3. The number of aromatic hydroxyl groups is 1. The predicted molar refractivity (Wildman–Crippen MR) is 202 cm³/mol. The molecule has 0 bridgehead atoms. The number of carbonyl (C=O) groups excluding carboxylic acids is 3. The van der Waals surface area contributed by atoms with Gasteiger partial charge in [0.2, 0.25) is 11.8 Å². The topological polar surface area (TPSA) is 137 Å². The third kappa shape index (κ3) is 6.74. The summed E-state index contributed by atoms with van der Waals surface area (Å²) in [6.45, 7) is 10.2. The van der Waals surface area contributed by atoms with Gasteiger partial charge >= 0.3 is 0 Å². The molecule has 6 aliphatic rings. The highest BCUT2D eigenvalue weighted by Gasteiger charge is 2.40. The first kappa shape index (κ1) is 34.9. The Morgan fingerprint density at radius 2 is 1.57 bits per heavy atom. The second kappa shape index (κ2) is 14.4. The van der Waals surface area contributed by atoms with Gasteiger partial charge in [0, 0.05) is 95.2 Å². The molecule has 0 spiro atoms. The quantitative estimate of drug-likeness (QED) is 0.308. The van der Waals surface area contributed by atoms with Crippen molar-refractivity contribution < 1.29 is 23.9 Å². The number of phenolic OH excluding ortho intramolecular Hbond substituents is 1. The van der Waals surface area contributed by atoms with Gasteiger partial charge < -0.3 is 25.1 Å². The van der Waals surface area contributed by atoms with Gasteiger partial charge in [-0.2, -0.15) is 0 Å². The number of nitrogens with one attached hydrogen (secondary N) is 2. The number of aromatic nitrogens is 2. The van der Waals surface area contributed by atoms with Gasteiger partial charge in [-0.3, -0.25) is 29.5 Å². The van der Waals surface area contributed by atoms with E-state index in [1.165, 1.54) is 31.7 Å². The number of benzene rings is 2. The number of amides is 3. The SMILES string of the molecule is O=C1CCC(N2Cc3ccc(N4CCN(C[C@H]5CC[C@H](CN6CCN7c8cc(-c9cccc(F)c9O)nnc8NC[C@H]7C6)CC5)CC4)cc3C2=O)C(=O)N1. The van der Waals surface area contributed by atoms with E-state index in [0.717, 1.165) is 100 Å². The molecule has 4 fully saturated rings. The fourth-order valence-electron chi connectivity index (χ4n) is 9.63. The van der Waals surface area contributed by atoms with Crippen molar-refractivity contribution in [1.29, 1.82) is 0 Å². The van der Waals surface area contributed by atoms with Gasteiger partial charge in [-0.1, -0.05) is 12.1 Å². The first-order chi connectivity index (χ1) is 26.3. The van der Waals surface area contributed by atoms with E-state index in [-0.39, 0.29) is 24.1 Å². The van der Waals surface area contributed by atoms with Gasteiger partial charge in [-0.25, -0.2) is 4.39 Å². The zero-order valence-electron chi connectivity index (χ0n) is 30.6. The van der Waals surface area contributed by atoms with Crippen molar-refractivity contribution in [3.63, 3.8) is 0 Å². The van der Waals surface area contributed by atoms with Crippen LogP contribution in [0.4, 0.5) is 21.6 Å². The van der Waals surface area contributed by atoms with Crippen LogP contribution in [0.3, 0.4) is 0 Å². The van der Waals surface area contributed by atoms with Crippen LogP contribution in [0.25, 0.3) is 11.3 Å². The van der Waals surface area contributed by atoms with Gasteiger partial charge in [0.15, 0.2) is 17.4 Å². The lowest BCUT2D eigenvalue weighted by Crippen LogP contribution is -2.58. The highest BCUT2D eigenvalue weighted by Crippen LogP contribution is 2.38. The number of anilines is 3. The molecule has 6 heterocycles. The van der Waals surface area contributed by atoms with Crippen LogP contribution in [0.2, 0.25) is 0 Å². The zero-order chi connectivity index (χ0) is 36.9. The standard InChI is InChI=1S/C40H48FN9O4/c41-32-3-1-2-30(37(32)52)33-19-35-38(45-44-33)42-20-29-24-47(14-17-49(29)35)22-26-6-4-25(5-7-26)21-46-12-15-48(16-13-46)28-9-8-27-23-50(40(54)31(27)18-28)34-10-11-36(51)43-39(34)53/h1-3,8-9,18-19,25-26,29,34,52H,4-7,10-17,20-24H2,(H,42,45)(H,43,51,53)/t25-,26-,29-,34?/m0/s1. The molecule has 2 atom stereocenters. The minimum atomic E-state index is -0.666. The van der Waals surface area contributed by atoms with Crippen molar-refractivity contribution in [2.45, 2.75) is 57.2 Å². The molecule has 3 aromatic rings. The van der Waals surface area contributed by atoms with Crippen LogP contribution in [0.5, 0.6) is 5.75 Å². The molecule has 9 rings (SSSR count). The largest absolute Gasteiger partial charge is 0.504 e. The van der Waals surface area contributed by atoms with Crippen LogP contribution >= 0.6 is 0 Å². The number of piperazine rings is 2. The molecule has 3 N–H and O–H groups in total. The molecule has 54 heavy (non-hydrogen) atoms. The number of para-hydroxylation sites is 1. The number of hydrogen-bond donors (Lipinski definition) is 3. The molecule has 3 amide bonds. The fourth-order valence-corrected chi connectivity index (χ4v) is 9.63. The number of fused-ring (bicyclic) bond motifs is 4. The summed E-state index contributed by atoms with van der Waals surface area (Å²) >= 11 is 0. The molecular formula is C40H48FN9O4. The monoisotopic (exact) mass is 737 g/mol. The van der Waals surface area contributed by atoms with Crippen molar-refractivity contribution in [1.82, 2.24) is 30.2 Å². The number of nitrogens with zero attached hydrogens (tertiary/aromatic N) is 7. The van der Waals surface area contributed by atoms with Crippen molar-refractivity contribution in [3.05, 3.63) is 59.4 Å². The second-order valence-corrected chi connectivity index (χ2v) is 16.0. The third-order valence-corrected chi connectivity index (χ3v) is 12.7. The Hall–Kier alpha value is -4.82. The minimum Gasteiger partial charge on any atom is -0.504 e. The lowest BCUT2D eigenvalue weighted by molar-refractivity contribution is -0.136. The molecule has 5 aliphatic heterocycles. The zero-order valence-corrected chi connectivity index (χ0v) is 30.6. The van der Waals surface area contributed by atoms with E-state index in [9.17, 15) is 23.9 Å². The molecule has 3 saturated heterocycles. The molecule has 13 nitrogen and oxygen atoms in total. The molecule has 1 saturated carbocycles. The van der Waals surface area contributed by atoms with Gasteiger partial charge in [0.05, 0.1) is 17.4 Å². The Balaban J connectivity index is 0.725. The lowest BCUT2D eigenvalue weighted by atomic mass is 9.81. The van der Waals surface area contributed by atoms with E-state index in [0.29, 0.717) is 35.8 Å². The number of piperidine rings is 1. The van der Waals surface area contributed by atoms with Gasteiger partial charge in [-0.15, -0.1) is 10.2 Å². The van der Waals surface area contributed by atoms with E-state index in [1.807, 2.05) is 18.2 Å². The van der Waals surface area contributed by atoms with Gasteiger partial charge in [-0.05, 0) is 79.8 Å². The number of hydrogen-bond acceptors (Lipinski definition) is 11. The van der Waals surface area contributed by atoms with Crippen LogP contribution in [-0.4, -0.2) is 125 Å². The summed E-state index contributed by atoms with van der Waals surface area (Å²) in [6.07, 6.45) is 5.72. The maximum atomic E-state index is 14.1. The van der Waals surface area contributed by atoms with E-state index in [1.54, 1.807) is 17.0 Å². The summed E-state index contributed by atoms with van der Waals surface area (Å²) < 4.78 is 14.1. The number of imide groups is 1. The van der Waals surface area contributed by atoms with E-state index < -0.39 is 17.6 Å². The molecule has 0 radical (unpaired) electrons. The summed E-state index contributed by atoms with van der Waals surface area (Å²) in [7, 11) is 0. The molecule has 284 valence electrons. The summed E-state index contributed by atoms with van der Waals surface area (Å²) in [5, 5.41) is 24.8. The number of rotatable bonds is 7. The Morgan fingerprint density at radius 1 is 0.815 bits per heavy atom. The van der Waals surface area contributed by atoms with Gasteiger partial charge in [0.25, 0.3) is 5.91 Å². The summed E-state index contributed by atoms with van der Waals surface area (Å²) in [5.41, 5.74) is 4.45. The Kier molecular flexibility index (Phi) is 9.34. The van der Waals surface area contributed by atoms with Crippen LogP contribution in [0.1, 0.15) is 54.4 Å². The van der Waals surface area contributed by atoms with E-state index in [2.05, 4.69) is 46.5 Å². The van der Waals surface area contributed by atoms with E-state index in [4.69, 9.17) is 0 Å². The molecule has 14 heteroatoms. The summed E-state index contributed by atoms with van der Waals surface area (Å²) in [4.78, 5) is 49.0. The van der Waals surface area contributed by atoms with Crippen LogP contribution in [0.15, 0.2) is 42.5 Å². The lowest BCUT2D eigenvalue weighted by Gasteiger charge is -2.47. The van der Waals surface area contributed by atoms with E-state index >= 15 is 0 Å². The molecule has 1 aromatic heterocycles. The van der Waals surface area contributed by atoms with Crippen LogP contribution < -0.4 is 20.4 Å². The van der Waals surface area contributed by atoms with Crippen molar-refractivity contribution in [2.24, 2.45) is 11.8 Å². The van der Waals surface area contributed by atoms with Gasteiger partial charge in [0.1, 0.15) is 6.04 Å². The minimum absolute atomic E-state index is 0.121. The average molecular weight is 738 g/mol. The summed E-state index contributed by atoms with van der Waals surface area (Å²) in [6, 6.07) is 12.2. The first-order valence-electron chi connectivity index (χ1n) is 19.6. The normalized spacial score (nSPS) is 26.2. The molecule has 2 aromatic carbocycles. The highest BCUT2D eigenvalue weighted by atomic mass is 19.1. The first-order valence-corrected chi connectivity index (χ1v) is 19.6. The second-order valence-electron chi connectivity index (χ2n) is 16.0. The van der Waals surface area contributed by atoms with Crippen molar-refractivity contribution in [2.75, 3.05) is 80.6 Å². The van der Waals surface area contributed by atoms with Crippen molar-refractivity contribution in [3.8, 4) is 17.0 Å². The Labute approximate surface area is 314 Å². The smallest absolute Gasteiger partial charge is 0.255 e. The Bertz CT molecular complexity index is 1950. The average Bonchev–Trinajstić information content (AvgIpc) is 3.51. The maximum absolute atomic E-state index is 14.1. The fraction of sp³-hybridized carbons (Fsp3) is 0.525. The molecule has 1 unspecified atom stereocenters. The van der Waals surface area contributed by atoms with Crippen LogP contribution in [0, 0.1) is 17.7 Å². The maximum Gasteiger partial charge on any atom is 0.255 e. The summed E-state index contributed by atoms with van der Waals surface area (Å²) in [5.74, 6) is 0.349. The number of halogens is 1.